The zero-order valence-corrected chi connectivity index (χ0v) is 17.2. The number of nitro benzene ring substituents is 1. The molecule has 0 bridgehead atoms. The molecule has 0 N–H and O–H groups in total. The maximum absolute atomic E-state index is 10.7. The first-order valence-corrected chi connectivity index (χ1v) is 9.45. The van der Waals surface area contributed by atoms with Gasteiger partial charge in [0.15, 0.2) is 0 Å². The summed E-state index contributed by atoms with van der Waals surface area (Å²) in [6.45, 7) is 10.4. The Morgan fingerprint density at radius 1 is 1.18 bits per heavy atom. The van der Waals surface area contributed by atoms with Crippen molar-refractivity contribution in [3.8, 4) is 5.75 Å². The first-order chi connectivity index (χ1) is 13.3. The number of nitrogens with zero attached hydrogens (tertiary/aromatic N) is 4. The average Bonchev–Trinajstić information content (AvgIpc) is 2.67. The van der Waals surface area contributed by atoms with Gasteiger partial charge in [-0.1, -0.05) is 13.8 Å². The highest BCUT2D eigenvalue weighted by molar-refractivity contribution is 5.67. The number of azo groups is 1. The standard InChI is InChI=1S/C21H28N4O3/c1-6-24(12-11-15(2)3)20-13-16(4)19(14-21(20)28-5)23-22-17-7-9-18(10-8-17)25(26)27/h7-10,13-15H,6,11-12H2,1-5H3. The second kappa shape index (κ2) is 9.82. The number of hydrogen-bond donors (Lipinski definition) is 0. The van der Waals surface area contributed by atoms with Crippen LogP contribution in [0.1, 0.15) is 32.8 Å². The van der Waals surface area contributed by atoms with Gasteiger partial charge in [0, 0.05) is 31.3 Å². The number of hydrogen-bond acceptors (Lipinski definition) is 6. The van der Waals surface area contributed by atoms with Gasteiger partial charge in [-0.05, 0) is 49.9 Å². The van der Waals surface area contributed by atoms with E-state index in [1.165, 1.54) is 12.1 Å². The van der Waals surface area contributed by atoms with Crippen LogP contribution in [0.25, 0.3) is 0 Å². The predicted octanol–water partition coefficient (Wildman–Crippen LogP) is 6.20. The van der Waals surface area contributed by atoms with Gasteiger partial charge in [-0.2, -0.15) is 10.2 Å². The molecule has 7 heteroatoms. The smallest absolute Gasteiger partial charge is 0.269 e. The molecule has 0 heterocycles. The first kappa shape index (κ1) is 21.3. The fourth-order valence-electron chi connectivity index (χ4n) is 2.80. The molecule has 2 rings (SSSR count). The Balaban J connectivity index is 2.27. The number of methoxy groups -OCH3 is 1. The van der Waals surface area contributed by atoms with Gasteiger partial charge in [-0.25, -0.2) is 0 Å². The lowest BCUT2D eigenvalue weighted by Crippen LogP contribution is -2.25. The summed E-state index contributed by atoms with van der Waals surface area (Å²) in [7, 11) is 1.65. The summed E-state index contributed by atoms with van der Waals surface area (Å²) in [5, 5.41) is 19.3. The molecule has 0 fully saturated rings. The van der Waals surface area contributed by atoms with Crippen LogP contribution >= 0.6 is 0 Å². The Hall–Kier alpha value is -2.96. The molecule has 28 heavy (non-hydrogen) atoms. The zero-order valence-electron chi connectivity index (χ0n) is 17.2. The van der Waals surface area contributed by atoms with E-state index in [4.69, 9.17) is 4.74 Å². The lowest BCUT2D eigenvalue weighted by atomic mass is 10.1. The molecular weight excluding hydrogens is 356 g/mol. The minimum Gasteiger partial charge on any atom is -0.495 e. The molecular formula is C21H28N4O3. The SMILES string of the molecule is CCN(CCC(C)C)c1cc(C)c(N=Nc2ccc([N+](=O)[O-])cc2)cc1OC. The van der Waals surface area contributed by atoms with Crippen molar-refractivity contribution < 1.29 is 9.66 Å². The van der Waals surface area contributed by atoms with Crippen molar-refractivity contribution in [1.82, 2.24) is 0 Å². The van der Waals surface area contributed by atoms with Gasteiger partial charge >= 0.3 is 0 Å². The quantitative estimate of drug-likeness (QED) is 0.293. The molecule has 0 saturated heterocycles. The van der Waals surface area contributed by atoms with E-state index < -0.39 is 4.92 Å². The monoisotopic (exact) mass is 384 g/mol. The van der Waals surface area contributed by atoms with Crippen molar-refractivity contribution in [2.24, 2.45) is 16.1 Å². The number of anilines is 1. The van der Waals surface area contributed by atoms with Gasteiger partial charge in [0.2, 0.25) is 0 Å². The number of benzene rings is 2. The summed E-state index contributed by atoms with van der Waals surface area (Å²) >= 11 is 0. The third-order valence-corrected chi connectivity index (χ3v) is 4.53. The summed E-state index contributed by atoms with van der Waals surface area (Å²) < 4.78 is 5.61. The van der Waals surface area contributed by atoms with E-state index in [9.17, 15) is 10.1 Å². The third-order valence-electron chi connectivity index (χ3n) is 4.53. The van der Waals surface area contributed by atoms with E-state index in [2.05, 4.69) is 42.0 Å². The maximum Gasteiger partial charge on any atom is 0.269 e. The highest BCUT2D eigenvalue weighted by Gasteiger charge is 2.14. The fourth-order valence-corrected chi connectivity index (χ4v) is 2.80. The molecule has 0 aliphatic rings. The first-order valence-electron chi connectivity index (χ1n) is 9.45. The molecule has 0 unspecified atom stereocenters. The molecule has 0 radical (unpaired) electrons. The Bertz CT molecular complexity index is 832. The second-order valence-electron chi connectivity index (χ2n) is 7.05. The zero-order chi connectivity index (χ0) is 20.7. The number of nitro groups is 1. The van der Waals surface area contributed by atoms with E-state index in [1.807, 2.05) is 13.0 Å². The van der Waals surface area contributed by atoms with E-state index in [0.717, 1.165) is 36.5 Å². The van der Waals surface area contributed by atoms with Crippen molar-refractivity contribution in [1.29, 1.82) is 0 Å². The van der Waals surface area contributed by atoms with Crippen LogP contribution < -0.4 is 9.64 Å². The Morgan fingerprint density at radius 3 is 2.39 bits per heavy atom. The summed E-state index contributed by atoms with van der Waals surface area (Å²) in [6.07, 6.45) is 1.11. The van der Waals surface area contributed by atoms with Gasteiger partial charge in [0.1, 0.15) is 5.75 Å². The molecule has 2 aromatic carbocycles. The molecule has 150 valence electrons. The van der Waals surface area contributed by atoms with Crippen LogP contribution in [0.15, 0.2) is 46.6 Å². The highest BCUT2D eigenvalue weighted by atomic mass is 16.6. The summed E-state index contributed by atoms with van der Waals surface area (Å²) in [6, 6.07) is 9.95. The van der Waals surface area contributed by atoms with Crippen LogP contribution in [0.5, 0.6) is 5.75 Å². The van der Waals surface area contributed by atoms with Gasteiger partial charge in [0.05, 0.1) is 29.1 Å². The Kier molecular flexibility index (Phi) is 7.49. The van der Waals surface area contributed by atoms with Crippen molar-refractivity contribution in [3.05, 3.63) is 52.1 Å². The topological polar surface area (TPSA) is 80.3 Å². The van der Waals surface area contributed by atoms with Gasteiger partial charge in [0.25, 0.3) is 5.69 Å². The lowest BCUT2D eigenvalue weighted by molar-refractivity contribution is -0.384. The Morgan fingerprint density at radius 2 is 1.86 bits per heavy atom. The largest absolute Gasteiger partial charge is 0.495 e. The van der Waals surface area contributed by atoms with Crippen molar-refractivity contribution >= 4 is 22.7 Å². The van der Waals surface area contributed by atoms with Crippen LogP contribution in [0.2, 0.25) is 0 Å². The van der Waals surface area contributed by atoms with E-state index in [-0.39, 0.29) is 5.69 Å². The number of ether oxygens (including phenoxy) is 1. The Labute approximate surface area is 166 Å². The van der Waals surface area contributed by atoms with Crippen LogP contribution in [0, 0.1) is 23.0 Å². The molecule has 0 aromatic heterocycles. The van der Waals surface area contributed by atoms with Gasteiger partial charge < -0.3 is 9.64 Å². The van der Waals surface area contributed by atoms with E-state index in [0.29, 0.717) is 17.3 Å². The van der Waals surface area contributed by atoms with Crippen LogP contribution in [0.3, 0.4) is 0 Å². The highest BCUT2D eigenvalue weighted by Crippen LogP contribution is 2.36. The molecule has 7 nitrogen and oxygen atoms in total. The number of non-ortho nitro benzene ring substituents is 1. The van der Waals surface area contributed by atoms with Gasteiger partial charge in [-0.15, -0.1) is 0 Å². The van der Waals surface area contributed by atoms with E-state index in [1.54, 1.807) is 19.2 Å². The maximum atomic E-state index is 10.7. The second-order valence-corrected chi connectivity index (χ2v) is 7.05. The summed E-state index contributed by atoms with van der Waals surface area (Å²) in [5.74, 6) is 1.39. The fraction of sp³-hybridized carbons (Fsp3) is 0.429. The van der Waals surface area contributed by atoms with E-state index >= 15 is 0 Å². The number of aryl methyl sites for hydroxylation is 1. The van der Waals surface area contributed by atoms with Crippen molar-refractivity contribution in [3.63, 3.8) is 0 Å². The normalized spacial score (nSPS) is 11.2. The minimum absolute atomic E-state index is 0.0298. The molecule has 0 spiro atoms. The number of rotatable bonds is 9. The molecule has 2 aromatic rings. The summed E-state index contributed by atoms with van der Waals surface area (Å²) in [5.41, 5.74) is 3.34. The molecule has 0 aliphatic carbocycles. The molecule has 0 amide bonds. The average molecular weight is 384 g/mol. The lowest BCUT2D eigenvalue weighted by Gasteiger charge is -2.26. The van der Waals surface area contributed by atoms with Crippen LogP contribution in [-0.4, -0.2) is 25.1 Å². The van der Waals surface area contributed by atoms with Crippen LogP contribution in [0.4, 0.5) is 22.7 Å². The minimum atomic E-state index is -0.437. The van der Waals surface area contributed by atoms with Gasteiger partial charge in [-0.3, -0.25) is 10.1 Å². The van der Waals surface area contributed by atoms with Crippen LogP contribution in [-0.2, 0) is 0 Å². The van der Waals surface area contributed by atoms with Crippen molar-refractivity contribution in [2.75, 3.05) is 25.1 Å². The molecule has 0 atom stereocenters. The van der Waals surface area contributed by atoms with Crippen molar-refractivity contribution in [2.45, 2.75) is 34.1 Å². The predicted molar refractivity (Wildman–Crippen MR) is 112 cm³/mol. The molecule has 0 saturated carbocycles. The third kappa shape index (κ3) is 5.52. The summed E-state index contributed by atoms with van der Waals surface area (Å²) in [4.78, 5) is 12.6. The molecule has 0 aliphatic heterocycles.